The molecule has 5 nitrogen and oxygen atoms in total. The fourth-order valence-corrected chi connectivity index (χ4v) is 2.19. The summed E-state index contributed by atoms with van der Waals surface area (Å²) in [6.07, 6.45) is 0. The molecule has 0 aliphatic rings. The van der Waals surface area contributed by atoms with Crippen LogP contribution >= 0.6 is 0 Å². The quantitative estimate of drug-likeness (QED) is 0.792. The number of carbonyl (C=O) groups is 1. The number of nitrogens with zero attached hydrogens (tertiary/aromatic N) is 2. The van der Waals surface area contributed by atoms with Crippen molar-refractivity contribution in [3.8, 4) is 11.5 Å². The molecule has 3 rings (SSSR count). The Labute approximate surface area is 136 Å². The molecule has 3 aromatic rings. The third-order valence-corrected chi connectivity index (χ3v) is 3.44. The minimum atomic E-state index is -0.828. The van der Waals surface area contributed by atoms with Crippen LogP contribution in [-0.2, 0) is 0 Å². The lowest BCUT2D eigenvalue weighted by Crippen LogP contribution is -2.13. The van der Waals surface area contributed by atoms with Crippen molar-refractivity contribution >= 4 is 11.9 Å². The summed E-state index contributed by atoms with van der Waals surface area (Å²) < 4.78 is 31.9. The third kappa shape index (κ3) is 3.15. The Morgan fingerprint density at radius 2 is 1.88 bits per heavy atom. The summed E-state index contributed by atoms with van der Waals surface area (Å²) in [5, 5.41) is 9.81. The van der Waals surface area contributed by atoms with Crippen LogP contribution in [0.5, 0.6) is 0 Å². The Kier molecular flexibility index (Phi) is 4.07. The van der Waals surface area contributed by atoms with E-state index in [9.17, 15) is 13.6 Å². The van der Waals surface area contributed by atoms with Gasteiger partial charge >= 0.3 is 6.01 Å². The van der Waals surface area contributed by atoms with Crippen LogP contribution in [0.2, 0.25) is 0 Å². The molecule has 1 heterocycles. The summed E-state index contributed by atoms with van der Waals surface area (Å²) in [4.78, 5) is 12.3. The van der Waals surface area contributed by atoms with Gasteiger partial charge in [-0.3, -0.25) is 10.1 Å². The number of hydrogen-bond donors (Lipinski definition) is 1. The highest BCUT2D eigenvalue weighted by molar-refractivity contribution is 6.04. The summed E-state index contributed by atoms with van der Waals surface area (Å²) in [5.41, 5.74) is 2.16. The number of amides is 1. The van der Waals surface area contributed by atoms with Gasteiger partial charge in [-0.25, -0.2) is 8.78 Å². The summed E-state index contributed by atoms with van der Waals surface area (Å²) in [7, 11) is 0. The van der Waals surface area contributed by atoms with Crippen molar-refractivity contribution in [2.75, 3.05) is 5.32 Å². The van der Waals surface area contributed by atoms with Crippen LogP contribution in [0.3, 0.4) is 0 Å². The Morgan fingerprint density at radius 3 is 2.62 bits per heavy atom. The van der Waals surface area contributed by atoms with E-state index in [0.717, 1.165) is 17.2 Å². The summed E-state index contributed by atoms with van der Waals surface area (Å²) in [6, 6.07) is 8.28. The first-order chi connectivity index (χ1) is 11.4. The topological polar surface area (TPSA) is 68.0 Å². The highest BCUT2D eigenvalue weighted by Gasteiger charge is 2.16. The van der Waals surface area contributed by atoms with Crippen LogP contribution in [0, 0.1) is 25.5 Å². The molecule has 0 radical (unpaired) electrons. The minimum absolute atomic E-state index is 0.0452. The highest BCUT2D eigenvalue weighted by Crippen LogP contribution is 2.24. The average Bonchev–Trinajstić information content (AvgIpc) is 2.97. The number of rotatable bonds is 3. The number of benzene rings is 2. The van der Waals surface area contributed by atoms with Crippen LogP contribution in [0.15, 0.2) is 40.8 Å². The van der Waals surface area contributed by atoms with E-state index in [-0.39, 0.29) is 17.5 Å². The molecule has 0 aliphatic heterocycles. The lowest BCUT2D eigenvalue weighted by Gasteiger charge is -2.05. The van der Waals surface area contributed by atoms with Gasteiger partial charge in [-0.1, -0.05) is 22.8 Å². The van der Waals surface area contributed by atoms with Gasteiger partial charge < -0.3 is 4.42 Å². The first-order valence-corrected chi connectivity index (χ1v) is 7.11. The zero-order valence-corrected chi connectivity index (χ0v) is 12.9. The molecule has 0 spiro atoms. The normalized spacial score (nSPS) is 10.7. The van der Waals surface area contributed by atoms with Crippen molar-refractivity contribution in [2.45, 2.75) is 13.8 Å². The van der Waals surface area contributed by atoms with E-state index in [1.54, 1.807) is 6.07 Å². The monoisotopic (exact) mass is 329 g/mol. The van der Waals surface area contributed by atoms with Crippen molar-refractivity contribution in [1.82, 2.24) is 10.2 Å². The van der Waals surface area contributed by atoms with E-state index < -0.39 is 17.5 Å². The molecule has 7 heteroatoms. The van der Waals surface area contributed by atoms with E-state index in [4.69, 9.17) is 4.42 Å². The predicted octanol–water partition coefficient (Wildman–Crippen LogP) is 3.88. The Hall–Kier alpha value is -3.09. The van der Waals surface area contributed by atoms with Crippen molar-refractivity contribution in [3.63, 3.8) is 0 Å². The second-order valence-corrected chi connectivity index (χ2v) is 5.31. The zero-order valence-electron chi connectivity index (χ0n) is 12.9. The predicted molar refractivity (Wildman–Crippen MR) is 83.5 cm³/mol. The van der Waals surface area contributed by atoms with Gasteiger partial charge in [-0.2, -0.15) is 0 Å². The second kappa shape index (κ2) is 6.19. The van der Waals surface area contributed by atoms with Crippen LogP contribution in [-0.4, -0.2) is 16.1 Å². The minimum Gasteiger partial charge on any atom is -0.403 e. The smallest absolute Gasteiger partial charge is 0.322 e. The largest absolute Gasteiger partial charge is 0.403 e. The number of carbonyl (C=O) groups excluding carboxylic acids is 1. The van der Waals surface area contributed by atoms with Crippen LogP contribution < -0.4 is 5.32 Å². The fourth-order valence-electron chi connectivity index (χ4n) is 2.19. The average molecular weight is 329 g/mol. The van der Waals surface area contributed by atoms with Crippen LogP contribution in [0.1, 0.15) is 21.5 Å². The molecule has 122 valence electrons. The van der Waals surface area contributed by atoms with Crippen LogP contribution in [0.25, 0.3) is 11.5 Å². The summed E-state index contributed by atoms with van der Waals surface area (Å²) in [6.45, 7) is 3.68. The van der Waals surface area contributed by atoms with Crippen LogP contribution in [0.4, 0.5) is 14.8 Å². The first kappa shape index (κ1) is 15.8. The molecule has 0 saturated heterocycles. The van der Waals surface area contributed by atoms with Gasteiger partial charge in [0.2, 0.25) is 0 Å². The number of aryl methyl sites for hydroxylation is 2. The molecule has 0 aliphatic carbocycles. The van der Waals surface area contributed by atoms with Gasteiger partial charge in [0.05, 0.1) is 5.56 Å². The Bertz CT molecular complexity index is 922. The van der Waals surface area contributed by atoms with Crippen molar-refractivity contribution in [1.29, 1.82) is 0 Å². The van der Waals surface area contributed by atoms with Crippen molar-refractivity contribution < 1.29 is 18.0 Å². The first-order valence-electron chi connectivity index (χ1n) is 7.11. The van der Waals surface area contributed by atoms with Gasteiger partial charge in [-0.05, 0) is 37.6 Å². The van der Waals surface area contributed by atoms with E-state index in [2.05, 4.69) is 15.5 Å². The maximum absolute atomic E-state index is 13.7. The third-order valence-electron chi connectivity index (χ3n) is 3.44. The zero-order chi connectivity index (χ0) is 17.3. The van der Waals surface area contributed by atoms with Gasteiger partial charge in [0, 0.05) is 11.6 Å². The molecule has 0 atom stereocenters. The Balaban J connectivity index is 1.83. The lowest BCUT2D eigenvalue weighted by molar-refractivity contribution is 0.102. The van der Waals surface area contributed by atoms with Gasteiger partial charge in [-0.15, -0.1) is 5.10 Å². The summed E-state index contributed by atoms with van der Waals surface area (Å²) in [5.74, 6) is -2.10. The van der Waals surface area contributed by atoms with Gasteiger partial charge in [0.15, 0.2) is 0 Å². The number of hydrogen-bond acceptors (Lipinski definition) is 4. The fraction of sp³-hybridized carbons (Fsp3) is 0.118. The number of aromatic nitrogens is 2. The molecule has 0 saturated carbocycles. The van der Waals surface area contributed by atoms with E-state index in [1.807, 2.05) is 26.0 Å². The molecule has 1 N–H and O–H groups in total. The van der Waals surface area contributed by atoms with Gasteiger partial charge in [0.25, 0.3) is 11.8 Å². The standard InChI is InChI=1S/C17H13F2N3O2/c1-9-3-4-10(2)13(7-9)15(23)20-17-22-21-16(24-17)12-6-5-11(18)8-14(12)19/h3-8H,1-2H3,(H,20,22,23). The number of anilines is 1. The Morgan fingerprint density at radius 1 is 1.08 bits per heavy atom. The molecule has 1 aromatic heterocycles. The second-order valence-electron chi connectivity index (χ2n) is 5.31. The molecular weight excluding hydrogens is 316 g/mol. The lowest BCUT2D eigenvalue weighted by atomic mass is 10.1. The molecule has 2 aromatic carbocycles. The van der Waals surface area contributed by atoms with Crippen molar-refractivity contribution in [3.05, 3.63) is 64.7 Å². The molecule has 24 heavy (non-hydrogen) atoms. The number of nitrogens with one attached hydrogen (secondary N) is 1. The molecule has 0 fully saturated rings. The van der Waals surface area contributed by atoms with E-state index >= 15 is 0 Å². The van der Waals surface area contributed by atoms with E-state index in [0.29, 0.717) is 11.6 Å². The molecular formula is C17H13F2N3O2. The van der Waals surface area contributed by atoms with E-state index in [1.165, 1.54) is 6.07 Å². The molecule has 0 unspecified atom stereocenters. The number of halogens is 2. The van der Waals surface area contributed by atoms with Crippen molar-refractivity contribution in [2.24, 2.45) is 0 Å². The molecule has 0 bridgehead atoms. The maximum Gasteiger partial charge on any atom is 0.322 e. The maximum atomic E-state index is 13.7. The SMILES string of the molecule is Cc1ccc(C)c(C(=O)Nc2nnc(-c3ccc(F)cc3F)o2)c1. The molecule has 1 amide bonds. The van der Waals surface area contributed by atoms with Gasteiger partial charge in [0.1, 0.15) is 11.6 Å². The highest BCUT2D eigenvalue weighted by atomic mass is 19.1. The summed E-state index contributed by atoms with van der Waals surface area (Å²) >= 11 is 0.